The third-order valence-corrected chi connectivity index (χ3v) is 1.97. The number of phenolic OH excluding ortho intramolecular Hbond substituents is 2. The maximum Gasteiger partial charge on any atom is 0.194 e. The number of nitrogens with two attached hydrogens (primary N) is 1. The van der Waals surface area contributed by atoms with Gasteiger partial charge in [-0.3, -0.25) is 0 Å². The SMILES string of the molecule is NC(CCO)c1ccc(F)c(O)c1O. The summed E-state index contributed by atoms with van der Waals surface area (Å²) in [5, 5.41) is 27.0. The van der Waals surface area contributed by atoms with Crippen molar-refractivity contribution in [1.29, 1.82) is 0 Å². The molecule has 1 aromatic carbocycles. The molecule has 0 aliphatic heterocycles. The molecule has 0 aromatic heterocycles. The number of aliphatic hydroxyl groups is 1. The maximum absolute atomic E-state index is 12.7. The zero-order valence-corrected chi connectivity index (χ0v) is 7.44. The van der Waals surface area contributed by atoms with E-state index in [1.165, 1.54) is 6.07 Å². The first-order valence-electron chi connectivity index (χ1n) is 4.14. The van der Waals surface area contributed by atoms with Crippen molar-refractivity contribution in [2.24, 2.45) is 5.73 Å². The second kappa shape index (κ2) is 4.26. The average Bonchev–Trinajstić information content (AvgIpc) is 2.15. The predicted molar refractivity (Wildman–Crippen MR) is 48.4 cm³/mol. The van der Waals surface area contributed by atoms with Gasteiger partial charge in [0, 0.05) is 18.2 Å². The molecule has 1 rings (SSSR count). The quantitative estimate of drug-likeness (QED) is 0.540. The highest BCUT2D eigenvalue weighted by atomic mass is 19.1. The van der Waals surface area contributed by atoms with Crippen LogP contribution in [0.4, 0.5) is 4.39 Å². The van der Waals surface area contributed by atoms with Gasteiger partial charge in [-0.15, -0.1) is 0 Å². The van der Waals surface area contributed by atoms with Crippen LogP contribution in [0.3, 0.4) is 0 Å². The van der Waals surface area contributed by atoms with Crippen LogP contribution >= 0.6 is 0 Å². The molecule has 0 bridgehead atoms. The topological polar surface area (TPSA) is 86.7 Å². The van der Waals surface area contributed by atoms with E-state index < -0.39 is 23.4 Å². The molecule has 0 aliphatic rings. The van der Waals surface area contributed by atoms with Crippen LogP contribution in [0.1, 0.15) is 18.0 Å². The largest absolute Gasteiger partial charge is 0.504 e. The minimum Gasteiger partial charge on any atom is -0.504 e. The number of hydrogen-bond donors (Lipinski definition) is 4. The van der Waals surface area contributed by atoms with Gasteiger partial charge in [-0.05, 0) is 12.5 Å². The molecule has 0 spiro atoms. The van der Waals surface area contributed by atoms with Crippen LogP contribution < -0.4 is 5.73 Å². The van der Waals surface area contributed by atoms with Crippen LogP contribution in [0.15, 0.2) is 12.1 Å². The summed E-state index contributed by atoms with van der Waals surface area (Å²) in [7, 11) is 0. The van der Waals surface area contributed by atoms with Crippen molar-refractivity contribution in [2.75, 3.05) is 6.61 Å². The molecular weight excluding hydrogens is 189 g/mol. The highest BCUT2D eigenvalue weighted by Crippen LogP contribution is 2.34. The van der Waals surface area contributed by atoms with E-state index in [9.17, 15) is 9.50 Å². The molecule has 0 radical (unpaired) electrons. The Labute approximate surface area is 80.4 Å². The van der Waals surface area contributed by atoms with Crippen molar-refractivity contribution < 1.29 is 19.7 Å². The summed E-state index contributed by atoms with van der Waals surface area (Å²) in [6, 6.07) is 1.68. The van der Waals surface area contributed by atoms with Gasteiger partial charge in [-0.25, -0.2) is 4.39 Å². The number of aliphatic hydroxyl groups excluding tert-OH is 1. The van der Waals surface area contributed by atoms with Gasteiger partial charge in [0.05, 0.1) is 0 Å². The highest BCUT2D eigenvalue weighted by molar-refractivity contribution is 5.46. The number of rotatable bonds is 3. The summed E-state index contributed by atoms with van der Waals surface area (Å²) in [5.41, 5.74) is 5.79. The molecule has 78 valence electrons. The third-order valence-electron chi connectivity index (χ3n) is 1.97. The molecule has 4 nitrogen and oxygen atoms in total. The average molecular weight is 201 g/mol. The van der Waals surface area contributed by atoms with Crippen LogP contribution in [-0.4, -0.2) is 21.9 Å². The molecule has 1 aromatic rings. The van der Waals surface area contributed by atoms with E-state index in [1.54, 1.807) is 0 Å². The lowest BCUT2D eigenvalue weighted by atomic mass is 10.0. The Morgan fingerprint density at radius 3 is 2.50 bits per heavy atom. The molecule has 0 aliphatic carbocycles. The minimum atomic E-state index is -0.901. The lowest BCUT2D eigenvalue weighted by Crippen LogP contribution is -2.12. The predicted octanol–water partition coefficient (Wildman–Crippen LogP) is 0.619. The molecule has 14 heavy (non-hydrogen) atoms. The first kappa shape index (κ1) is 10.7. The molecule has 1 atom stereocenters. The summed E-state index contributed by atoms with van der Waals surface area (Å²) in [6.07, 6.45) is 0.235. The Morgan fingerprint density at radius 1 is 1.29 bits per heavy atom. The fraction of sp³-hybridized carbons (Fsp3) is 0.333. The van der Waals surface area contributed by atoms with Crippen LogP contribution in [0.25, 0.3) is 0 Å². The van der Waals surface area contributed by atoms with Crippen molar-refractivity contribution >= 4 is 0 Å². The normalized spacial score (nSPS) is 12.8. The summed E-state index contributed by atoms with van der Waals surface area (Å²) in [4.78, 5) is 0. The van der Waals surface area contributed by atoms with Gasteiger partial charge in [-0.1, -0.05) is 6.07 Å². The lowest BCUT2D eigenvalue weighted by Gasteiger charge is -2.13. The third kappa shape index (κ3) is 1.94. The number of aromatic hydroxyl groups is 2. The van der Waals surface area contributed by atoms with E-state index >= 15 is 0 Å². The first-order valence-corrected chi connectivity index (χ1v) is 4.14. The summed E-state index contributed by atoms with van der Waals surface area (Å²) >= 11 is 0. The van der Waals surface area contributed by atoms with Gasteiger partial charge in [0.1, 0.15) is 0 Å². The fourth-order valence-electron chi connectivity index (χ4n) is 1.16. The van der Waals surface area contributed by atoms with Crippen molar-refractivity contribution in [3.05, 3.63) is 23.5 Å². The molecule has 0 fully saturated rings. The van der Waals surface area contributed by atoms with Crippen molar-refractivity contribution in [1.82, 2.24) is 0 Å². The van der Waals surface area contributed by atoms with E-state index in [-0.39, 0.29) is 18.6 Å². The molecular formula is C9H12FNO3. The molecule has 0 heterocycles. The van der Waals surface area contributed by atoms with Crippen LogP contribution in [0, 0.1) is 5.82 Å². The standard InChI is InChI=1S/C9H12FNO3/c10-6-2-1-5(7(11)3-4-12)8(13)9(6)14/h1-2,7,12-14H,3-4,11H2. The molecule has 5 heteroatoms. The molecule has 5 N–H and O–H groups in total. The monoisotopic (exact) mass is 201 g/mol. The van der Waals surface area contributed by atoms with Gasteiger partial charge >= 0.3 is 0 Å². The van der Waals surface area contributed by atoms with Crippen molar-refractivity contribution in [2.45, 2.75) is 12.5 Å². The molecule has 0 amide bonds. The summed E-state index contributed by atoms with van der Waals surface area (Å²) in [6.45, 7) is -0.140. The van der Waals surface area contributed by atoms with Gasteiger partial charge in [-0.2, -0.15) is 0 Å². The Hall–Kier alpha value is -1.33. The fourth-order valence-corrected chi connectivity index (χ4v) is 1.16. The number of halogens is 1. The van der Waals surface area contributed by atoms with Gasteiger partial charge in [0.2, 0.25) is 0 Å². The summed E-state index contributed by atoms with van der Waals surface area (Å²) in [5.74, 6) is -2.27. The first-order chi connectivity index (χ1) is 6.57. The van der Waals surface area contributed by atoms with Crippen LogP contribution in [0.2, 0.25) is 0 Å². The number of hydrogen-bond acceptors (Lipinski definition) is 4. The number of benzene rings is 1. The molecule has 1 unspecified atom stereocenters. The lowest BCUT2D eigenvalue weighted by molar-refractivity contribution is 0.274. The Kier molecular flexibility index (Phi) is 3.27. The molecule has 0 saturated carbocycles. The summed E-state index contributed by atoms with van der Waals surface area (Å²) < 4.78 is 12.7. The van der Waals surface area contributed by atoms with E-state index in [4.69, 9.17) is 15.9 Å². The zero-order valence-electron chi connectivity index (χ0n) is 7.44. The van der Waals surface area contributed by atoms with Crippen molar-refractivity contribution in [3.63, 3.8) is 0 Å². The van der Waals surface area contributed by atoms with E-state index in [0.29, 0.717) is 0 Å². The zero-order chi connectivity index (χ0) is 10.7. The molecule has 0 saturated heterocycles. The maximum atomic E-state index is 12.7. The minimum absolute atomic E-state index is 0.140. The van der Waals surface area contributed by atoms with E-state index in [1.807, 2.05) is 0 Å². The highest BCUT2D eigenvalue weighted by Gasteiger charge is 2.16. The Morgan fingerprint density at radius 2 is 1.93 bits per heavy atom. The van der Waals surface area contributed by atoms with Crippen LogP contribution in [0.5, 0.6) is 11.5 Å². The van der Waals surface area contributed by atoms with E-state index in [2.05, 4.69) is 0 Å². The Bertz CT molecular complexity index is 330. The smallest absolute Gasteiger partial charge is 0.194 e. The second-order valence-electron chi connectivity index (χ2n) is 2.95. The van der Waals surface area contributed by atoms with Gasteiger partial charge in [0.15, 0.2) is 17.3 Å². The van der Waals surface area contributed by atoms with Crippen molar-refractivity contribution in [3.8, 4) is 11.5 Å². The van der Waals surface area contributed by atoms with E-state index in [0.717, 1.165) is 6.07 Å². The second-order valence-corrected chi connectivity index (χ2v) is 2.95. The van der Waals surface area contributed by atoms with Crippen LogP contribution in [-0.2, 0) is 0 Å². The Balaban J connectivity index is 3.04. The number of phenols is 2. The van der Waals surface area contributed by atoms with Gasteiger partial charge in [0.25, 0.3) is 0 Å². The van der Waals surface area contributed by atoms with Gasteiger partial charge < -0.3 is 21.1 Å².